The molecule has 2 atom stereocenters. The fourth-order valence-electron chi connectivity index (χ4n) is 4.22. The standard InChI is InChI=1S/C22H24N4O3S2/c27-21(26-12-10-25(11-13-26)18-4-2-1-3-5-18)16-6-8-17(9-7-16)23-22-24-19-14-31(28,29)15-20(19)30-22/h1-9,19-20H,10-15H2,(H,23,24)/t19-,20+/m1/s1. The highest BCUT2D eigenvalue weighted by molar-refractivity contribution is 8.15. The number of amidine groups is 1. The number of carbonyl (C=O) groups is 1. The topological polar surface area (TPSA) is 82.1 Å². The zero-order valence-corrected chi connectivity index (χ0v) is 18.6. The van der Waals surface area contributed by atoms with Crippen molar-refractivity contribution in [2.24, 2.45) is 4.99 Å². The van der Waals surface area contributed by atoms with Gasteiger partial charge in [0.25, 0.3) is 5.91 Å². The molecule has 0 aliphatic carbocycles. The molecule has 0 saturated carbocycles. The normalized spacial score (nSPS) is 24.6. The zero-order chi connectivity index (χ0) is 21.4. The summed E-state index contributed by atoms with van der Waals surface area (Å²) < 4.78 is 23.4. The Hall–Kier alpha value is -2.52. The van der Waals surface area contributed by atoms with Gasteiger partial charge < -0.3 is 15.1 Å². The molecule has 2 fully saturated rings. The number of hydrogen-bond acceptors (Lipinski definition) is 7. The second kappa shape index (κ2) is 8.20. The molecular weight excluding hydrogens is 432 g/mol. The first-order chi connectivity index (χ1) is 15.0. The first kappa shape index (κ1) is 20.4. The van der Waals surface area contributed by atoms with Gasteiger partial charge in [0, 0.05) is 48.4 Å². The molecule has 1 amide bonds. The fourth-order valence-corrected chi connectivity index (χ4v) is 7.90. The molecule has 2 saturated heterocycles. The number of sulfone groups is 1. The third-order valence-corrected chi connectivity index (χ3v) is 9.03. The van der Waals surface area contributed by atoms with E-state index in [1.54, 1.807) is 0 Å². The van der Waals surface area contributed by atoms with E-state index >= 15 is 0 Å². The lowest BCUT2D eigenvalue weighted by atomic mass is 10.1. The van der Waals surface area contributed by atoms with E-state index in [1.807, 2.05) is 47.4 Å². The highest BCUT2D eigenvalue weighted by Gasteiger charge is 2.42. The molecule has 3 aliphatic rings. The summed E-state index contributed by atoms with van der Waals surface area (Å²) in [5, 5.41) is 4.02. The summed E-state index contributed by atoms with van der Waals surface area (Å²) in [7, 11) is -2.95. The van der Waals surface area contributed by atoms with Crippen LogP contribution in [0.3, 0.4) is 0 Å². The van der Waals surface area contributed by atoms with Gasteiger partial charge in [-0.15, -0.1) is 0 Å². The summed E-state index contributed by atoms with van der Waals surface area (Å²) in [4.78, 5) is 21.6. The molecular formula is C22H24N4O3S2. The number of anilines is 2. The molecule has 0 radical (unpaired) electrons. The van der Waals surface area contributed by atoms with E-state index in [1.165, 1.54) is 17.4 Å². The second-order valence-corrected chi connectivity index (χ2v) is 11.4. The van der Waals surface area contributed by atoms with Gasteiger partial charge in [0.1, 0.15) is 0 Å². The van der Waals surface area contributed by atoms with E-state index in [0.717, 1.165) is 23.9 Å². The summed E-state index contributed by atoms with van der Waals surface area (Å²) in [6.07, 6.45) is 0. The Balaban J connectivity index is 1.17. The maximum absolute atomic E-state index is 12.9. The largest absolute Gasteiger partial charge is 0.368 e. The summed E-state index contributed by atoms with van der Waals surface area (Å²) in [5.74, 6) is 0.384. The van der Waals surface area contributed by atoms with Crippen LogP contribution in [0.5, 0.6) is 0 Å². The number of amides is 1. The first-order valence-electron chi connectivity index (χ1n) is 10.4. The van der Waals surface area contributed by atoms with Crippen molar-refractivity contribution >= 4 is 44.0 Å². The van der Waals surface area contributed by atoms with Crippen molar-refractivity contribution < 1.29 is 13.2 Å². The predicted molar refractivity (Wildman–Crippen MR) is 126 cm³/mol. The van der Waals surface area contributed by atoms with E-state index in [4.69, 9.17) is 0 Å². The van der Waals surface area contributed by atoms with Crippen molar-refractivity contribution in [1.29, 1.82) is 0 Å². The predicted octanol–water partition coefficient (Wildman–Crippen LogP) is 2.33. The Morgan fingerprint density at radius 3 is 2.35 bits per heavy atom. The Morgan fingerprint density at radius 2 is 1.68 bits per heavy atom. The van der Waals surface area contributed by atoms with Crippen LogP contribution < -0.4 is 10.2 Å². The van der Waals surface area contributed by atoms with Crippen LogP contribution in [0.1, 0.15) is 10.4 Å². The molecule has 3 aliphatic heterocycles. The molecule has 0 bridgehead atoms. The first-order valence-corrected chi connectivity index (χ1v) is 13.1. The van der Waals surface area contributed by atoms with E-state index in [2.05, 4.69) is 27.3 Å². The number of aliphatic imine (C=N–C) groups is 1. The third-order valence-electron chi connectivity index (χ3n) is 5.89. The highest BCUT2D eigenvalue weighted by atomic mass is 32.2. The summed E-state index contributed by atoms with van der Waals surface area (Å²) >= 11 is 1.49. The maximum Gasteiger partial charge on any atom is 0.253 e. The van der Waals surface area contributed by atoms with Crippen LogP contribution in [-0.2, 0) is 9.84 Å². The number of fused-ring (bicyclic) bond motifs is 1. The fraction of sp³-hybridized carbons (Fsp3) is 0.364. The number of rotatable bonds is 3. The quantitative estimate of drug-likeness (QED) is 0.764. The molecule has 162 valence electrons. The van der Waals surface area contributed by atoms with E-state index < -0.39 is 9.84 Å². The van der Waals surface area contributed by atoms with E-state index in [-0.39, 0.29) is 28.7 Å². The summed E-state index contributed by atoms with van der Waals surface area (Å²) in [6, 6.07) is 17.6. The van der Waals surface area contributed by atoms with Crippen molar-refractivity contribution in [3.63, 3.8) is 0 Å². The van der Waals surface area contributed by atoms with Gasteiger partial charge in [-0.1, -0.05) is 30.0 Å². The lowest BCUT2D eigenvalue weighted by Gasteiger charge is -2.36. The SMILES string of the molecule is O=C(c1ccc(NC2=N[C@@H]3CS(=O)(=O)C[C@@H]3S2)cc1)N1CCN(c2ccccc2)CC1. The van der Waals surface area contributed by atoms with Crippen LogP contribution in [0.25, 0.3) is 0 Å². The van der Waals surface area contributed by atoms with Gasteiger partial charge in [-0.2, -0.15) is 0 Å². The Kier molecular flexibility index (Phi) is 5.39. The molecule has 0 aromatic heterocycles. The minimum Gasteiger partial charge on any atom is -0.368 e. The number of benzene rings is 2. The van der Waals surface area contributed by atoms with Gasteiger partial charge in [-0.05, 0) is 36.4 Å². The second-order valence-electron chi connectivity index (χ2n) is 8.05. The molecule has 1 N–H and O–H groups in total. The van der Waals surface area contributed by atoms with Crippen molar-refractivity contribution in [2.45, 2.75) is 11.3 Å². The summed E-state index contributed by atoms with van der Waals surface area (Å²) in [5.41, 5.74) is 2.71. The highest BCUT2D eigenvalue weighted by Crippen LogP contribution is 2.34. The Labute approximate surface area is 186 Å². The van der Waals surface area contributed by atoms with Crippen molar-refractivity contribution in [3.8, 4) is 0 Å². The molecule has 2 aromatic rings. The van der Waals surface area contributed by atoms with Gasteiger partial charge in [-0.3, -0.25) is 9.79 Å². The lowest BCUT2D eigenvalue weighted by molar-refractivity contribution is 0.0747. The van der Waals surface area contributed by atoms with Gasteiger partial charge >= 0.3 is 0 Å². The molecule has 7 nitrogen and oxygen atoms in total. The lowest BCUT2D eigenvalue weighted by Crippen LogP contribution is -2.48. The zero-order valence-electron chi connectivity index (χ0n) is 17.0. The van der Waals surface area contributed by atoms with Gasteiger partial charge in [0.15, 0.2) is 15.0 Å². The number of nitrogens with zero attached hydrogens (tertiary/aromatic N) is 3. The Morgan fingerprint density at radius 1 is 0.968 bits per heavy atom. The van der Waals surface area contributed by atoms with Gasteiger partial charge in [-0.25, -0.2) is 8.42 Å². The van der Waals surface area contributed by atoms with Crippen molar-refractivity contribution in [3.05, 3.63) is 60.2 Å². The van der Waals surface area contributed by atoms with Crippen LogP contribution in [0, 0.1) is 0 Å². The van der Waals surface area contributed by atoms with E-state index in [0.29, 0.717) is 18.7 Å². The number of thioether (sulfide) groups is 1. The Bertz CT molecular complexity index is 1100. The molecule has 0 unspecified atom stereocenters. The van der Waals surface area contributed by atoms with Gasteiger partial charge in [0.2, 0.25) is 0 Å². The van der Waals surface area contributed by atoms with Crippen molar-refractivity contribution in [1.82, 2.24) is 4.90 Å². The van der Waals surface area contributed by atoms with Crippen LogP contribution in [0.2, 0.25) is 0 Å². The molecule has 3 heterocycles. The molecule has 31 heavy (non-hydrogen) atoms. The number of carbonyl (C=O) groups excluding carboxylic acids is 1. The smallest absolute Gasteiger partial charge is 0.253 e. The van der Waals surface area contributed by atoms with E-state index in [9.17, 15) is 13.2 Å². The number of nitrogens with one attached hydrogen (secondary N) is 1. The average molecular weight is 457 g/mol. The minimum atomic E-state index is -2.95. The molecule has 2 aromatic carbocycles. The number of para-hydroxylation sites is 1. The maximum atomic E-state index is 12.9. The minimum absolute atomic E-state index is 0.0166. The average Bonchev–Trinajstić information content (AvgIpc) is 3.27. The van der Waals surface area contributed by atoms with Crippen LogP contribution in [0.15, 0.2) is 59.6 Å². The number of hydrogen-bond donors (Lipinski definition) is 1. The third kappa shape index (κ3) is 4.43. The van der Waals surface area contributed by atoms with Gasteiger partial charge in [0.05, 0.1) is 17.5 Å². The van der Waals surface area contributed by atoms with Crippen LogP contribution >= 0.6 is 11.8 Å². The summed E-state index contributed by atoms with van der Waals surface area (Å²) in [6.45, 7) is 3.05. The van der Waals surface area contributed by atoms with Crippen LogP contribution in [-0.4, -0.2) is 73.4 Å². The monoisotopic (exact) mass is 456 g/mol. The molecule has 5 rings (SSSR count). The molecule has 0 spiro atoms. The number of piperazine rings is 1. The van der Waals surface area contributed by atoms with Crippen LogP contribution in [0.4, 0.5) is 11.4 Å². The molecule has 9 heteroatoms. The van der Waals surface area contributed by atoms with Crippen molar-refractivity contribution in [2.75, 3.05) is 47.9 Å².